The molecule has 2 aliphatic rings. The molecule has 3 rings (SSSR count). The van der Waals surface area contributed by atoms with Gasteiger partial charge < -0.3 is 4.43 Å². The molecule has 0 N–H and O–H groups in total. The number of carbonyl (C=O) groups excluding carboxylic acids is 1. The summed E-state index contributed by atoms with van der Waals surface area (Å²) in [5, 5.41) is 0.151. The lowest BCUT2D eigenvalue weighted by molar-refractivity contribution is -0.132. The van der Waals surface area contributed by atoms with Gasteiger partial charge in [0.2, 0.25) is 0 Å². The van der Waals surface area contributed by atoms with Crippen molar-refractivity contribution in [1.29, 1.82) is 0 Å². The van der Waals surface area contributed by atoms with Crippen molar-refractivity contribution in [2.75, 3.05) is 13.1 Å². The molecule has 138 valence electrons. The predicted octanol–water partition coefficient (Wildman–Crippen LogP) is 4.63. The Balaban J connectivity index is 1.60. The van der Waals surface area contributed by atoms with E-state index in [9.17, 15) is 4.79 Å². The van der Waals surface area contributed by atoms with Crippen LogP contribution in [0.3, 0.4) is 0 Å². The van der Waals surface area contributed by atoms with Crippen LogP contribution in [0.2, 0.25) is 18.1 Å². The second-order valence-electron chi connectivity index (χ2n) is 9.43. The van der Waals surface area contributed by atoms with Gasteiger partial charge in [-0.25, -0.2) is 0 Å². The van der Waals surface area contributed by atoms with Gasteiger partial charge in [-0.3, -0.25) is 9.69 Å². The minimum atomic E-state index is -1.90. The maximum absolute atomic E-state index is 13.2. The SMILES string of the molecule is CC(C)(C)[Si](C)(C)OC1(C(=O)C2CCN(Cc3ccccc3)C2)CC1. The second kappa shape index (κ2) is 6.64. The van der Waals surface area contributed by atoms with E-state index < -0.39 is 13.9 Å². The number of likely N-dealkylation sites (tertiary alicyclic amines) is 1. The number of rotatable bonds is 6. The third-order valence-corrected chi connectivity index (χ3v) is 10.8. The highest BCUT2D eigenvalue weighted by Gasteiger charge is 2.57. The van der Waals surface area contributed by atoms with Gasteiger partial charge in [0.15, 0.2) is 14.1 Å². The lowest BCUT2D eigenvalue weighted by Gasteiger charge is -2.39. The minimum absolute atomic E-state index is 0.149. The van der Waals surface area contributed by atoms with Crippen LogP contribution in [-0.4, -0.2) is 37.7 Å². The third-order valence-electron chi connectivity index (χ3n) is 6.30. The zero-order valence-corrected chi connectivity index (χ0v) is 17.5. The molecule has 0 aromatic heterocycles. The summed E-state index contributed by atoms with van der Waals surface area (Å²) in [6.07, 6.45) is 2.83. The summed E-state index contributed by atoms with van der Waals surface area (Å²) in [5.41, 5.74) is 0.880. The van der Waals surface area contributed by atoms with Crippen molar-refractivity contribution in [3.05, 3.63) is 35.9 Å². The topological polar surface area (TPSA) is 29.5 Å². The molecule has 1 aromatic rings. The highest BCUT2D eigenvalue weighted by atomic mass is 28.4. The maximum atomic E-state index is 13.2. The summed E-state index contributed by atoms with van der Waals surface area (Å²) in [7, 11) is -1.90. The Hall–Kier alpha value is -0.973. The first-order valence-corrected chi connectivity index (χ1v) is 12.5. The fourth-order valence-corrected chi connectivity index (χ4v) is 5.15. The van der Waals surface area contributed by atoms with Crippen molar-refractivity contribution in [3.8, 4) is 0 Å². The fraction of sp³-hybridized carbons (Fsp3) is 0.667. The van der Waals surface area contributed by atoms with Gasteiger partial charge in [-0.05, 0) is 49.5 Å². The van der Waals surface area contributed by atoms with E-state index in [0.29, 0.717) is 5.78 Å². The Morgan fingerprint density at radius 1 is 1.24 bits per heavy atom. The molecular weight excluding hydrogens is 326 g/mol. The molecule has 1 atom stereocenters. The molecule has 4 heteroatoms. The van der Waals surface area contributed by atoms with E-state index in [1.54, 1.807) is 0 Å². The minimum Gasteiger partial charge on any atom is -0.404 e. The van der Waals surface area contributed by atoms with Crippen LogP contribution in [0.25, 0.3) is 0 Å². The van der Waals surface area contributed by atoms with Crippen LogP contribution in [0, 0.1) is 5.92 Å². The lowest BCUT2D eigenvalue weighted by atomic mass is 9.97. The van der Waals surface area contributed by atoms with Crippen molar-refractivity contribution in [2.24, 2.45) is 5.92 Å². The van der Waals surface area contributed by atoms with Crippen LogP contribution in [-0.2, 0) is 15.8 Å². The molecule has 1 saturated carbocycles. The molecule has 1 aliphatic carbocycles. The summed E-state index contributed by atoms with van der Waals surface area (Å²) in [5.74, 6) is 0.531. The second-order valence-corrected chi connectivity index (χ2v) is 14.2. The van der Waals surface area contributed by atoms with Gasteiger partial charge >= 0.3 is 0 Å². The van der Waals surface area contributed by atoms with Crippen molar-refractivity contribution in [3.63, 3.8) is 0 Å². The van der Waals surface area contributed by atoms with Crippen LogP contribution in [0.1, 0.15) is 45.6 Å². The van der Waals surface area contributed by atoms with Crippen molar-refractivity contribution in [1.82, 2.24) is 4.90 Å². The highest BCUT2D eigenvalue weighted by molar-refractivity contribution is 6.74. The molecular formula is C21H33NO2Si. The van der Waals surface area contributed by atoms with Gasteiger partial charge in [-0.2, -0.15) is 0 Å². The molecule has 25 heavy (non-hydrogen) atoms. The Bertz CT molecular complexity index is 617. The molecule has 1 aromatic carbocycles. The zero-order valence-electron chi connectivity index (χ0n) is 16.5. The predicted molar refractivity (Wildman–Crippen MR) is 105 cm³/mol. The Morgan fingerprint density at radius 3 is 2.44 bits per heavy atom. The van der Waals surface area contributed by atoms with Crippen LogP contribution in [0.4, 0.5) is 0 Å². The van der Waals surface area contributed by atoms with E-state index in [2.05, 4.69) is 69.1 Å². The first kappa shape index (κ1) is 18.8. The van der Waals surface area contributed by atoms with E-state index in [1.807, 2.05) is 0 Å². The van der Waals surface area contributed by atoms with Gasteiger partial charge in [-0.1, -0.05) is 51.1 Å². The largest absolute Gasteiger partial charge is 0.404 e. The van der Waals surface area contributed by atoms with Gasteiger partial charge in [0.25, 0.3) is 0 Å². The van der Waals surface area contributed by atoms with E-state index in [-0.39, 0.29) is 11.0 Å². The van der Waals surface area contributed by atoms with Gasteiger partial charge in [0, 0.05) is 19.0 Å². The Morgan fingerprint density at radius 2 is 1.88 bits per heavy atom. The number of benzene rings is 1. The number of carbonyl (C=O) groups is 1. The molecule has 0 radical (unpaired) electrons. The molecule has 1 aliphatic heterocycles. The van der Waals surface area contributed by atoms with Gasteiger partial charge in [0.1, 0.15) is 5.60 Å². The van der Waals surface area contributed by atoms with Crippen LogP contribution in [0.15, 0.2) is 30.3 Å². The van der Waals surface area contributed by atoms with Crippen LogP contribution in [0.5, 0.6) is 0 Å². The standard InChI is InChI=1S/C21H33NO2Si/c1-20(2,3)25(4,5)24-21(12-13-21)19(23)18-11-14-22(16-18)15-17-9-7-6-8-10-17/h6-10,18H,11-16H2,1-5H3. The van der Waals surface area contributed by atoms with Gasteiger partial charge in [0.05, 0.1) is 0 Å². The number of hydrogen-bond donors (Lipinski definition) is 0. The number of nitrogens with zero attached hydrogens (tertiary/aromatic N) is 1. The number of hydrogen-bond acceptors (Lipinski definition) is 3. The van der Waals surface area contributed by atoms with Gasteiger partial charge in [-0.15, -0.1) is 0 Å². The molecule has 2 fully saturated rings. The molecule has 1 heterocycles. The van der Waals surface area contributed by atoms with Crippen molar-refractivity contribution < 1.29 is 9.22 Å². The lowest BCUT2D eigenvalue weighted by Crippen LogP contribution is -2.48. The maximum Gasteiger partial charge on any atom is 0.193 e. The summed E-state index contributed by atoms with van der Waals surface area (Å²) >= 11 is 0. The number of Topliss-reactive ketones (excluding diaryl/α,β-unsaturated/α-hetero) is 1. The summed E-state index contributed by atoms with van der Waals surface area (Å²) in [6, 6.07) is 10.5. The molecule has 3 nitrogen and oxygen atoms in total. The fourth-order valence-electron chi connectivity index (χ4n) is 3.56. The first-order chi connectivity index (χ1) is 11.6. The number of ketones is 1. The summed E-state index contributed by atoms with van der Waals surface area (Å²) in [6.45, 7) is 14.1. The molecule has 0 spiro atoms. The van der Waals surface area contributed by atoms with Crippen LogP contribution >= 0.6 is 0 Å². The third kappa shape index (κ3) is 4.07. The normalized spacial score (nSPS) is 23.6. The van der Waals surface area contributed by atoms with E-state index >= 15 is 0 Å². The summed E-state index contributed by atoms with van der Waals surface area (Å²) < 4.78 is 6.60. The van der Waals surface area contributed by atoms with E-state index in [1.165, 1.54) is 5.56 Å². The Labute approximate surface area is 153 Å². The van der Waals surface area contributed by atoms with E-state index in [0.717, 1.165) is 38.9 Å². The van der Waals surface area contributed by atoms with E-state index in [4.69, 9.17) is 4.43 Å². The monoisotopic (exact) mass is 359 g/mol. The van der Waals surface area contributed by atoms with Crippen molar-refractivity contribution in [2.45, 2.75) is 70.3 Å². The quantitative estimate of drug-likeness (QED) is 0.694. The highest BCUT2D eigenvalue weighted by Crippen LogP contribution is 2.49. The molecule has 0 amide bonds. The average molecular weight is 360 g/mol. The Kier molecular flexibility index (Phi) is 4.99. The molecule has 0 bridgehead atoms. The first-order valence-electron chi connectivity index (χ1n) is 9.64. The summed E-state index contributed by atoms with van der Waals surface area (Å²) in [4.78, 5) is 15.6. The molecule has 1 unspecified atom stereocenters. The molecule has 1 saturated heterocycles. The average Bonchev–Trinajstić information content (AvgIpc) is 3.15. The van der Waals surface area contributed by atoms with Crippen LogP contribution < -0.4 is 0 Å². The zero-order chi connectivity index (χ0) is 18.3. The van der Waals surface area contributed by atoms with Crippen molar-refractivity contribution >= 4 is 14.1 Å². The smallest absolute Gasteiger partial charge is 0.193 e.